The monoisotopic (exact) mass is 351 g/mol. The minimum Gasteiger partial charge on any atom is -0.347 e. The van der Waals surface area contributed by atoms with Crippen molar-refractivity contribution in [3.05, 3.63) is 67.8 Å². The zero-order valence-electron chi connectivity index (χ0n) is 11.3. The molecular weight excluding hydrogens is 341 g/mol. The average molecular weight is 352 g/mol. The van der Waals surface area contributed by atoms with Crippen molar-refractivity contribution < 1.29 is 9.18 Å². The summed E-state index contributed by atoms with van der Waals surface area (Å²) in [6.07, 6.45) is 0. The van der Waals surface area contributed by atoms with Gasteiger partial charge in [0.05, 0.1) is 17.1 Å². The van der Waals surface area contributed by atoms with Crippen molar-refractivity contribution in [1.29, 1.82) is 0 Å². The molecule has 0 fully saturated rings. The number of hydrogen-bond acceptors (Lipinski definition) is 3. The Hall–Kier alpha value is -1.69. The van der Waals surface area contributed by atoms with E-state index in [1.807, 2.05) is 22.9 Å². The minimum absolute atomic E-state index is 0.112. The minimum atomic E-state index is -0.616. The van der Waals surface area contributed by atoms with Gasteiger partial charge in [0.2, 0.25) is 0 Å². The molecule has 2 nitrogen and oxygen atoms in total. The molecule has 0 saturated heterocycles. The lowest BCUT2D eigenvalue weighted by molar-refractivity contribution is 0.0947. The van der Waals surface area contributed by atoms with Gasteiger partial charge in [0.1, 0.15) is 5.82 Å². The molecular formula is C16H11ClFNOS2. The predicted molar refractivity (Wildman–Crippen MR) is 90.2 cm³/mol. The van der Waals surface area contributed by atoms with Gasteiger partial charge in [-0.05, 0) is 51.5 Å². The van der Waals surface area contributed by atoms with Crippen LogP contribution in [0.1, 0.15) is 15.2 Å². The highest BCUT2D eigenvalue weighted by molar-refractivity contribution is 7.10. The Labute approximate surface area is 140 Å². The van der Waals surface area contributed by atoms with Crippen molar-refractivity contribution in [3.8, 4) is 11.1 Å². The second-order valence-corrected chi connectivity index (χ2v) is 6.78. The van der Waals surface area contributed by atoms with Crippen molar-refractivity contribution in [2.75, 3.05) is 0 Å². The SMILES string of the molecule is O=C(NCc1cc(-c2ccsc2)cs1)c1c(F)cccc1Cl. The van der Waals surface area contributed by atoms with E-state index in [-0.39, 0.29) is 10.6 Å². The summed E-state index contributed by atoms with van der Waals surface area (Å²) in [5.74, 6) is -1.12. The summed E-state index contributed by atoms with van der Waals surface area (Å²) in [4.78, 5) is 13.1. The van der Waals surface area contributed by atoms with Crippen LogP contribution in [0.4, 0.5) is 4.39 Å². The van der Waals surface area contributed by atoms with Gasteiger partial charge in [-0.3, -0.25) is 4.79 Å². The summed E-state index contributed by atoms with van der Waals surface area (Å²) < 4.78 is 13.7. The normalized spacial score (nSPS) is 10.6. The van der Waals surface area contributed by atoms with Gasteiger partial charge >= 0.3 is 0 Å². The number of amides is 1. The largest absolute Gasteiger partial charge is 0.347 e. The zero-order valence-corrected chi connectivity index (χ0v) is 13.7. The first-order valence-electron chi connectivity index (χ1n) is 6.47. The lowest BCUT2D eigenvalue weighted by atomic mass is 10.2. The molecule has 2 aromatic heterocycles. The van der Waals surface area contributed by atoms with E-state index in [0.717, 1.165) is 16.0 Å². The molecule has 2 heterocycles. The third kappa shape index (κ3) is 3.21. The van der Waals surface area contributed by atoms with Crippen LogP contribution in [0.25, 0.3) is 11.1 Å². The molecule has 0 aliphatic heterocycles. The molecule has 0 aliphatic rings. The molecule has 0 bridgehead atoms. The summed E-state index contributed by atoms with van der Waals surface area (Å²) in [5.41, 5.74) is 2.18. The Morgan fingerprint density at radius 1 is 1.23 bits per heavy atom. The van der Waals surface area contributed by atoms with Crippen molar-refractivity contribution >= 4 is 40.2 Å². The van der Waals surface area contributed by atoms with Crippen molar-refractivity contribution in [1.82, 2.24) is 5.32 Å². The third-order valence-corrected chi connectivity index (χ3v) is 5.06. The van der Waals surface area contributed by atoms with Crippen LogP contribution < -0.4 is 5.32 Å². The number of halogens is 2. The van der Waals surface area contributed by atoms with E-state index in [4.69, 9.17) is 11.6 Å². The molecule has 6 heteroatoms. The van der Waals surface area contributed by atoms with Crippen LogP contribution >= 0.6 is 34.3 Å². The number of benzene rings is 1. The molecule has 1 aromatic carbocycles. The van der Waals surface area contributed by atoms with Gasteiger partial charge in [0.25, 0.3) is 5.91 Å². The molecule has 0 atom stereocenters. The van der Waals surface area contributed by atoms with Gasteiger partial charge in [0, 0.05) is 4.88 Å². The zero-order chi connectivity index (χ0) is 15.5. The summed E-state index contributed by atoms with van der Waals surface area (Å²) in [6, 6.07) is 8.27. The summed E-state index contributed by atoms with van der Waals surface area (Å²) in [5, 5.41) is 8.96. The van der Waals surface area contributed by atoms with Crippen LogP contribution in [0.5, 0.6) is 0 Å². The Balaban J connectivity index is 1.69. The van der Waals surface area contributed by atoms with E-state index >= 15 is 0 Å². The molecule has 1 amide bonds. The van der Waals surface area contributed by atoms with Crippen LogP contribution in [0, 0.1) is 5.82 Å². The van der Waals surface area contributed by atoms with E-state index in [2.05, 4.69) is 10.7 Å². The molecule has 3 aromatic rings. The van der Waals surface area contributed by atoms with E-state index in [9.17, 15) is 9.18 Å². The highest BCUT2D eigenvalue weighted by Gasteiger charge is 2.15. The summed E-state index contributed by atoms with van der Waals surface area (Å²) >= 11 is 9.08. The standard InChI is InChI=1S/C16H11ClFNOS2/c17-13-2-1-3-14(18)15(13)16(20)19-7-12-6-11(9-22-12)10-4-5-21-8-10/h1-6,8-9H,7H2,(H,19,20). The third-order valence-electron chi connectivity index (χ3n) is 3.12. The Kier molecular flexibility index (Phi) is 4.57. The van der Waals surface area contributed by atoms with E-state index in [1.54, 1.807) is 22.7 Å². The fourth-order valence-corrected chi connectivity index (χ4v) is 3.77. The maximum absolute atomic E-state index is 13.7. The quantitative estimate of drug-likeness (QED) is 0.687. The van der Waals surface area contributed by atoms with Crippen molar-refractivity contribution in [3.63, 3.8) is 0 Å². The first-order valence-corrected chi connectivity index (χ1v) is 8.67. The average Bonchev–Trinajstić information content (AvgIpc) is 3.16. The van der Waals surface area contributed by atoms with Crippen LogP contribution in [0.15, 0.2) is 46.5 Å². The van der Waals surface area contributed by atoms with Gasteiger partial charge in [-0.1, -0.05) is 17.7 Å². The first-order chi connectivity index (χ1) is 10.6. The Bertz CT molecular complexity index is 778. The Morgan fingerprint density at radius 3 is 2.82 bits per heavy atom. The first kappa shape index (κ1) is 15.2. The molecule has 0 aliphatic carbocycles. The summed E-state index contributed by atoms with van der Waals surface area (Å²) in [6.45, 7) is 0.346. The van der Waals surface area contributed by atoms with E-state index in [0.29, 0.717) is 6.54 Å². The van der Waals surface area contributed by atoms with Gasteiger partial charge in [-0.25, -0.2) is 4.39 Å². The molecule has 3 rings (SSSR count). The number of carbonyl (C=O) groups excluding carboxylic acids is 1. The van der Waals surface area contributed by atoms with Gasteiger partial charge in [-0.2, -0.15) is 11.3 Å². The number of thiophene rings is 2. The second-order valence-electron chi connectivity index (χ2n) is 4.59. The maximum atomic E-state index is 13.7. The predicted octanol–water partition coefficient (Wildman–Crippen LogP) is 5.20. The van der Waals surface area contributed by atoms with Crippen molar-refractivity contribution in [2.45, 2.75) is 6.54 Å². The lowest BCUT2D eigenvalue weighted by Gasteiger charge is -2.06. The van der Waals surface area contributed by atoms with Gasteiger partial charge in [0.15, 0.2) is 0 Å². The summed E-state index contributed by atoms with van der Waals surface area (Å²) in [7, 11) is 0. The van der Waals surface area contributed by atoms with Crippen LogP contribution in [-0.2, 0) is 6.54 Å². The maximum Gasteiger partial charge on any atom is 0.256 e. The Morgan fingerprint density at radius 2 is 2.09 bits per heavy atom. The molecule has 0 unspecified atom stereocenters. The van der Waals surface area contributed by atoms with Crippen molar-refractivity contribution in [2.24, 2.45) is 0 Å². The number of carbonyl (C=O) groups is 1. The lowest BCUT2D eigenvalue weighted by Crippen LogP contribution is -2.23. The number of hydrogen-bond donors (Lipinski definition) is 1. The molecule has 0 radical (unpaired) electrons. The van der Waals surface area contributed by atoms with Crippen LogP contribution in [0.3, 0.4) is 0 Å². The van der Waals surface area contributed by atoms with Gasteiger partial charge in [-0.15, -0.1) is 11.3 Å². The molecule has 0 saturated carbocycles. The molecule has 0 spiro atoms. The van der Waals surface area contributed by atoms with Gasteiger partial charge < -0.3 is 5.32 Å². The topological polar surface area (TPSA) is 29.1 Å². The van der Waals surface area contributed by atoms with Crippen LogP contribution in [0.2, 0.25) is 5.02 Å². The highest BCUT2D eigenvalue weighted by Crippen LogP contribution is 2.27. The fourth-order valence-electron chi connectivity index (χ4n) is 2.02. The second kappa shape index (κ2) is 6.60. The van der Waals surface area contributed by atoms with Crippen LogP contribution in [-0.4, -0.2) is 5.91 Å². The molecule has 1 N–H and O–H groups in total. The molecule has 112 valence electrons. The highest BCUT2D eigenvalue weighted by atomic mass is 35.5. The number of rotatable bonds is 4. The molecule has 22 heavy (non-hydrogen) atoms. The number of nitrogens with one attached hydrogen (secondary N) is 1. The smallest absolute Gasteiger partial charge is 0.256 e. The van der Waals surface area contributed by atoms with E-state index < -0.39 is 11.7 Å². The fraction of sp³-hybridized carbons (Fsp3) is 0.0625. The van der Waals surface area contributed by atoms with E-state index in [1.165, 1.54) is 18.2 Å².